The Morgan fingerprint density at radius 1 is 1.11 bits per heavy atom. The second kappa shape index (κ2) is 8.08. The van der Waals surface area contributed by atoms with Gasteiger partial charge in [-0.3, -0.25) is 0 Å². The number of rotatable bonds is 8. The van der Waals surface area contributed by atoms with Crippen molar-refractivity contribution in [2.45, 2.75) is 44.4 Å². The van der Waals surface area contributed by atoms with Gasteiger partial charge in [0.2, 0.25) is 0 Å². The van der Waals surface area contributed by atoms with Crippen LogP contribution in [0.1, 0.15) is 50.4 Å². The Hall–Kier alpha value is -2.85. The average molecular weight is 509 g/mol. The molecule has 4 fully saturated rings. The van der Waals surface area contributed by atoms with Crippen molar-refractivity contribution in [2.75, 3.05) is 41.9 Å². The lowest BCUT2D eigenvalue weighted by molar-refractivity contribution is -0.171. The van der Waals surface area contributed by atoms with Crippen LogP contribution < -0.4 is 10.2 Å². The van der Waals surface area contributed by atoms with Crippen LogP contribution in [0.5, 0.6) is 0 Å². The summed E-state index contributed by atoms with van der Waals surface area (Å²) >= 11 is 0. The van der Waals surface area contributed by atoms with Gasteiger partial charge in [0.05, 0.1) is 5.75 Å². The molecule has 0 spiro atoms. The van der Waals surface area contributed by atoms with Crippen LogP contribution in [0.3, 0.4) is 0 Å². The quantitative estimate of drug-likeness (QED) is 0.472. The molecule has 9 nitrogen and oxygen atoms in total. The number of hydrogen-bond acceptors (Lipinski definition) is 9. The summed E-state index contributed by atoms with van der Waals surface area (Å²) in [5.41, 5.74) is 1.26. The van der Waals surface area contributed by atoms with E-state index >= 15 is 0 Å². The SMILES string of the molecule is CC(C)c1cnc(N2CC(CS(C)(=O)=O)C2)c2cnc(Nc3ccnc(C45CC(CO)(C4)C5)n3)cc12. The van der Waals surface area contributed by atoms with Gasteiger partial charge < -0.3 is 15.3 Å². The molecule has 3 aliphatic carbocycles. The van der Waals surface area contributed by atoms with Gasteiger partial charge in [-0.25, -0.2) is 28.4 Å². The van der Waals surface area contributed by atoms with E-state index in [1.54, 1.807) is 6.20 Å². The molecule has 4 aliphatic rings. The van der Waals surface area contributed by atoms with Crippen molar-refractivity contribution in [1.29, 1.82) is 0 Å². The minimum absolute atomic E-state index is 0.0226. The minimum atomic E-state index is -2.99. The van der Waals surface area contributed by atoms with E-state index in [1.807, 2.05) is 24.5 Å². The van der Waals surface area contributed by atoms with Crippen molar-refractivity contribution < 1.29 is 13.5 Å². The van der Waals surface area contributed by atoms with Crippen LogP contribution in [-0.2, 0) is 15.3 Å². The molecule has 0 amide bonds. The number of aliphatic hydroxyl groups is 1. The minimum Gasteiger partial charge on any atom is -0.396 e. The van der Waals surface area contributed by atoms with Crippen molar-refractivity contribution in [3.05, 3.63) is 42.1 Å². The molecule has 7 rings (SSSR count). The molecule has 0 unspecified atom stereocenters. The summed E-state index contributed by atoms with van der Waals surface area (Å²) in [6.07, 6.45) is 9.74. The Balaban J connectivity index is 1.26. The lowest BCUT2D eigenvalue weighted by Gasteiger charge is -2.69. The van der Waals surface area contributed by atoms with Crippen molar-refractivity contribution in [3.63, 3.8) is 0 Å². The molecule has 3 saturated carbocycles. The van der Waals surface area contributed by atoms with E-state index in [2.05, 4.69) is 34.0 Å². The maximum Gasteiger partial charge on any atom is 0.147 e. The smallest absolute Gasteiger partial charge is 0.147 e. The monoisotopic (exact) mass is 508 g/mol. The lowest BCUT2D eigenvalue weighted by atomic mass is 9.35. The average Bonchev–Trinajstić information content (AvgIpc) is 2.73. The molecular weight excluding hydrogens is 476 g/mol. The maximum absolute atomic E-state index is 11.7. The van der Waals surface area contributed by atoms with Gasteiger partial charge in [0, 0.05) is 61.3 Å². The summed E-state index contributed by atoms with van der Waals surface area (Å²) in [5, 5.41) is 15.0. The van der Waals surface area contributed by atoms with Crippen LogP contribution in [0, 0.1) is 11.3 Å². The first-order valence-electron chi connectivity index (χ1n) is 12.5. The Bertz CT molecular complexity index is 1430. The van der Waals surface area contributed by atoms with E-state index in [0.29, 0.717) is 24.7 Å². The van der Waals surface area contributed by atoms with Gasteiger partial charge in [-0.15, -0.1) is 0 Å². The Morgan fingerprint density at radius 2 is 1.86 bits per heavy atom. The fourth-order valence-electron chi connectivity index (χ4n) is 6.42. The van der Waals surface area contributed by atoms with Crippen LogP contribution >= 0.6 is 0 Å². The van der Waals surface area contributed by atoms with E-state index in [9.17, 15) is 13.5 Å². The number of fused-ring (bicyclic) bond motifs is 1. The summed E-state index contributed by atoms with van der Waals surface area (Å²) in [7, 11) is -2.99. The molecule has 3 aromatic rings. The fraction of sp³-hybridized carbons (Fsp3) is 0.538. The number of hydrogen-bond donors (Lipinski definition) is 2. The normalized spacial score (nSPS) is 25.4. The number of aliphatic hydroxyl groups excluding tert-OH is 1. The first-order valence-corrected chi connectivity index (χ1v) is 14.6. The zero-order valence-electron chi connectivity index (χ0n) is 20.9. The standard InChI is InChI=1S/C26H32N6O3S/c1-16(2)19-7-29-23(32-9-17(10-32)11-36(3,34)35)20-8-28-22(6-18(19)20)30-21-4-5-27-24(31-21)26-12-25(13-26,14-26)15-33/h4-8,16-17,33H,9-15H2,1-3H3,(H,27,28,30,31). The molecule has 1 aliphatic heterocycles. The largest absolute Gasteiger partial charge is 0.396 e. The van der Waals surface area contributed by atoms with Gasteiger partial charge >= 0.3 is 0 Å². The molecular formula is C26H32N6O3S. The summed E-state index contributed by atoms with van der Waals surface area (Å²) in [6, 6.07) is 3.90. The van der Waals surface area contributed by atoms with E-state index in [1.165, 1.54) is 6.26 Å². The highest BCUT2D eigenvalue weighted by molar-refractivity contribution is 7.90. The third kappa shape index (κ3) is 3.91. The van der Waals surface area contributed by atoms with Crippen LogP contribution in [-0.4, -0.2) is 65.2 Å². The summed E-state index contributed by atoms with van der Waals surface area (Å²) in [5.74, 6) is 3.74. The van der Waals surface area contributed by atoms with Crippen LogP contribution in [0.25, 0.3) is 10.8 Å². The first kappa shape index (κ1) is 23.5. The number of sulfone groups is 1. The molecule has 2 N–H and O–H groups in total. The Morgan fingerprint density at radius 3 is 2.53 bits per heavy atom. The highest BCUT2D eigenvalue weighted by atomic mass is 32.2. The Labute approximate surface area is 211 Å². The first-order chi connectivity index (χ1) is 17.1. The second-order valence-electron chi connectivity index (χ2n) is 11.5. The van der Waals surface area contributed by atoms with Crippen molar-refractivity contribution in [1.82, 2.24) is 19.9 Å². The van der Waals surface area contributed by atoms with Crippen LogP contribution in [0.15, 0.2) is 30.7 Å². The summed E-state index contributed by atoms with van der Waals surface area (Å²) < 4.78 is 23.3. The fourth-order valence-corrected chi connectivity index (χ4v) is 7.48. The molecule has 0 atom stereocenters. The number of nitrogens with one attached hydrogen (secondary N) is 1. The molecule has 36 heavy (non-hydrogen) atoms. The van der Waals surface area contributed by atoms with Crippen LogP contribution in [0.2, 0.25) is 0 Å². The number of aromatic nitrogens is 4. The molecule has 10 heteroatoms. The maximum atomic E-state index is 11.7. The third-order valence-corrected chi connectivity index (χ3v) is 9.14. The molecule has 190 valence electrons. The zero-order chi connectivity index (χ0) is 25.3. The third-order valence-electron chi connectivity index (χ3n) is 8.06. The lowest BCUT2D eigenvalue weighted by Crippen LogP contribution is -2.66. The predicted octanol–water partition coefficient (Wildman–Crippen LogP) is 3.18. The molecule has 3 aromatic heterocycles. The highest BCUT2D eigenvalue weighted by Gasteiger charge is 2.69. The zero-order valence-corrected chi connectivity index (χ0v) is 21.7. The van der Waals surface area contributed by atoms with Gasteiger partial charge in [-0.1, -0.05) is 13.8 Å². The van der Waals surface area contributed by atoms with E-state index < -0.39 is 9.84 Å². The van der Waals surface area contributed by atoms with Gasteiger partial charge in [0.15, 0.2) is 0 Å². The molecule has 1 saturated heterocycles. The van der Waals surface area contributed by atoms with Gasteiger partial charge in [-0.2, -0.15) is 0 Å². The van der Waals surface area contributed by atoms with Gasteiger partial charge in [-0.05, 0) is 53.7 Å². The van der Waals surface area contributed by atoms with Crippen molar-refractivity contribution >= 4 is 38.1 Å². The predicted molar refractivity (Wildman–Crippen MR) is 139 cm³/mol. The van der Waals surface area contributed by atoms with Gasteiger partial charge in [0.1, 0.15) is 33.1 Å². The summed E-state index contributed by atoms with van der Waals surface area (Å²) in [4.78, 5) is 20.9. The number of nitrogens with zero attached hydrogens (tertiary/aromatic N) is 5. The van der Waals surface area contributed by atoms with Crippen molar-refractivity contribution in [3.8, 4) is 0 Å². The molecule has 4 heterocycles. The van der Waals surface area contributed by atoms with Gasteiger partial charge in [0.25, 0.3) is 0 Å². The Kier molecular flexibility index (Phi) is 5.28. The molecule has 0 aromatic carbocycles. The topological polar surface area (TPSA) is 121 Å². The van der Waals surface area contributed by atoms with Crippen LogP contribution in [0.4, 0.5) is 17.5 Å². The van der Waals surface area contributed by atoms with E-state index in [4.69, 9.17) is 9.97 Å². The van der Waals surface area contributed by atoms with E-state index in [0.717, 1.165) is 47.2 Å². The number of anilines is 3. The summed E-state index contributed by atoms with van der Waals surface area (Å²) in [6.45, 7) is 5.90. The second-order valence-corrected chi connectivity index (χ2v) is 13.7. The number of pyridine rings is 2. The van der Waals surface area contributed by atoms with Crippen molar-refractivity contribution in [2.24, 2.45) is 11.3 Å². The molecule has 0 radical (unpaired) electrons. The van der Waals surface area contributed by atoms with E-state index in [-0.39, 0.29) is 35.0 Å². The molecule has 2 bridgehead atoms. The highest BCUT2D eigenvalue weighted by Crippen LogP contribution is 2.72.